The standard InChI is InChI=1S/C33H29Cl3N4O2/c1-22-18-27(36)9-12-29(22)24-4-13-31-37-33(23-2-5-25(34)6-3-23)30(40(31)19-24)20-38-14-16-39(17-15-38)32(41)21-42-28-10-7-26(35)8-11-28/h2-13,18-19H,14-17,20-21H2,1H3. The molecule has 42 heavy (non-hydrogen) atoms. The van der Waals surface area contributed by atoms with Gasteiger partial charge in [0.15, 0.2) is 6.61 Å². The number of benzene rings is 3. The van der Waals surface area contributed by atoms with E-state index >= 15 is 0 Å². The molecule has 0 N–H and O–H groups in total. The summed E-state index contributed by atoms with van der Waals surface area (Å²) in [7, 11) is 0. The van der Waals surface area contributed by atoms with Gasteiger partial charge in [-0.15, -0.1) is 0 Å². The summed E-state index contributed by atoms with van der Waals surface area (Å²) >= 11 is 18.4. The molecule has 0 aliphatic carbocycles. The zero-order valence-corrected chi connectivity index (χ0v) is 25.3. The van der Waals surface area contributed by atoms with E-state index in [1.165, 1.54) is 0 Å². The molecule has 1 fully saturated rings. The van der Waals surface area contributed by atoms with Crippen molar-refractivity contribution in [3.8, 4) is 28.1 Å². The van der Waals surface area contributed by atoms with Gasteiger partial charge in [0, 0.05) is 59.6 Å². The molecule has 0 atom stereocenters. The van der Waals surface area contributed by atoms with Crippen LogP contribution >= 0.6 is 34.8 Å². The molecule has 6 rings (SSSR count). The molecule has 3 aromatic carbocycles. The molecule has 5 aromatic rings. The third kappa shape index (κ3) is 6.27. The van der Waals surface area contributed by atoms with Gasteiger partial charge < -0.3 is 14.0 Å². The molecule has 0 unspecified atom stereocenters. The third-order valence-corrected chi connectivity index (χ3v) is 8.35. The Morgan fingerprint density at radius 3 is 2.14 bits per heavy atom. The van der Waals surface area contributed by atoms with E-state index in [0.717, 1.165) is 57.4 Å². The highest BCUT2D eigenvalue weighted by molar-refractivity contribution is 6.31. The van der Waals surface area contributed by atoms with Crippen LogP contribution in [0, 0.1) is 6.92 Å². The molecule has 1 saturated heterocycles. The topological polar surface area (TPSA) is 50.1 Å². The highest BCUT2D eigenvalue weighted by atomic mass is 35.5. The second kappa shape index (κ2) is 12.4. The molecule has 0 radical (unpaired) electrons. The summed E-state index contributed by atoms with van der Waals surface area (Å²) < 4.78 is 7.87. The molecule has 2 aromatic heterocycles. The second-order valence-corrected chi connectivity index (χ2v) is 11.7. The first-order chi connectivity index (χ1) is 20.3. The lowest BCUT2D eigenvalue weighted by Gasteiger charge is -2.34. The molecule has 9 heteroatoms. The maximum Gasteiger partial charge on any atom is 0.260 e. The van der Waals surface area contributed by atoms with Crippen molar-refractivity contribution in [2.24, 2.45) is 0 Å². The Labute approximate surface area is 260 Å². The van der Waals surface area contributed by atoms with Crippen molar-refractivity contribution in [3.05, 3.63) is 111 Å². The molecule has 0 bridgehead atoms. The van der Waals surface area contributed by atoms with Crippen LogP contribution in [0.25, 0.3) is 28.0 Å². The van der Waals surface area contributed by atoms with Crippen LogP contribution in [0.2, 0.25) is 15.1 Å². The lowest BCUT2D eigenvalue weighted by Crippen LogP contribution is -2.49. The van der Waals surface area contributed by atoms with Gasteiger partial charge in [-0.2, -0.15) is 0 Å². The number of nitrogens with zero attached hydrogens (tertiary/aromatic N) is 4. The Morgan fingerprint density at radius 2 is 1.45 bits per heavy atom. The van der Waals surface area contributed by atoms with E-state index in [9.17, 15) is 4.79 Å². The number of amides is 1. The SMILES string of the molecule is Cc1cc(Cl)ccc1-c1ccc2nc(-c3ccc(Cl)cc3)c(CN3CCN(C(=O)COc4ccc(Cl)cc4)CC3)n2c1. The van der Waals surface area contributed by atoms with Crippen molar-refractivity contribution in [3.63, 3.8) is 0 Å². The number of aromatic nitrogens is 2. The molecule has 1 aliphatic heterocycles. The quantitative estimate of drug-likeness (QED) is 0.188. The summed E-state index contributed by atoms with van der Waals surface area (Å²) in [5.74, 6) is 0.603. The average molecular weight is 620 g/mol. The lowest BCUT2D eigenvalue weighted by atomic mass is 10.0. The Morgan fingerprint density at radius 1 is 0.810 bits per heavy atom. The van der Waals surface area contributed by atoms with Crippen molar-refractivity contribution >= 4 is 46.4 Å². The largest absolute Gasteiger partial charge is 0.484 e. The minimum absolute atomic E-state index is 0.00248. The van der Waals surface area contributed by atoms with E-state index in [1.54, 1.807) is 24.3 Å². The van der Waals surface area contributed by atoms with E-state index in [0.29, 0.717) is 35.4 Å². The number of pyridine rings is 1. The van der Waals surface area contributed by atoms with Gasteiger partial charge in [0.05, 0.1) is 11.4 Å². The van der Waals surface area contributed by atoms with Crippen molar-refractivity contribution in [2.45, 2.75) is 13.5 Å². The van der Waals surface area contributed by atoms with Crippen LogP contribution in [0.1, 0.15) is 11.3 Å². The number of hydrogen-bond donors (Lipinski definition) is 0. The van der Waals surface area contributed by atoms with Crippen LogP contribution in [-0.2, 0) is 11.3 Å². The van der Waals surface area contributed by atoms with Gasteiger partial charge in [-0.3, -0.25) is 9.69 Å². The number of imidazole rings is 1. The second-order valence-electron chi connectivity index (χ2n) is 10.4. The first kappa shape index (κ1) is 28.6. The number of hydrogen-bond acceptors (Lipinski definition) is 4. The van der Waals surface area contributed by atoms with Gasteiger partial charge in [-0.05, 0) is 84.3 Å². The molecule has 0 saturated carbocycles. The van der Waals surface area contributed by atoms with Crippen molar-refractivity contribution in [1.29, 1.82) is 0 Å². The van der Waals surface area contributed by atoms with Crippen LogP contribution in [0.5, 0.6) is 5.75 Å². The van der Waals surface area contributed by atoms with E-state index in [4.69, 9.17) is 44.5 Å². The smallest absolute Gasteiger partial charge is 0.260 e. The number of aryl methyl sites for hydroxylation is 1. The lowest BCUT2D eigenvalue weighted by molar-refractivity contribution is -0.135. The molecule has 1 amide bonds. The molecular weight excluding hydrogens is 591 g/mol. The van der Waals surface area contributed by atoms with E-state index in [2.05, 4.69) is 40.6 Å². The van der Waals surface area contributed by atoms with Crippen molar-refractivity contribution < 1.29 is 9.53 Å². The zero-order chi connectivity index (χ0) is 29.2. The number of rotatable bonds is 7. The van der Waals surface area contributed by atoms with Gasteiger partial charge in [-0.1, -0.05) is 53.0 Å². The van der Waals surface area contributed by atoms with Gasteiger partial charge in [0.1, 0.15) is 11.4 Å². The number of halogens is 3. The Hall–Kier alpha value is -3.55. The maximum absolute atomic E-state index is 12.8. The van der Waals surface area contributed by atoms with Gasteiger partial charge >= 0.3 is 0 Å². The van der Waals surface area contributed by atoms with Crippen LogP contribution in [0.15, 0.2) is 85.1 Å². The summed E-state index contributed by atoms with van der Waals surface area (Å²) in [5.41, 5.74) is 7.23. The number of ether oxygens (including phenoxy) is 1. The first-order valence-corrected chi connectivity index (χ1v) is 14.9. The number of carbonyl (C=O) groups excluding carboxylic acids is 1. The summed E-state index contributed by atoms with van der Waals surface area (Å²) in [4.78, 5) is 22.1. The van der Waals surface area contributed by atoms with E-state index < -0.39 is 0 Å². The maximum atomic E-state index is 12.8. The zero-order valence-electron chi connectivity index (χ0n) is 23.1. The molecule has 214 valence electrons. The monoisotopic (exact) mass is 618 g/mol. The third-order valence-electron chi connectivity index (χ3n) is 7.61. The molecular formula is C33H29Cl3N4O2. The van der Waals surface area contributed by atoms with Crippen LogP contribution in [0.4, 0.5) is 0 Å². The predicted octanol–water partition coefficient (Wildman–Crippen LogP) is 7.66. The molecule has 6 nitrogen and oxygen atoms in total. The Kier molecular flexibility index (Phi) is 8.41. The predicted molar refractivity (Wildman–Crippen MR) is 170 cm³/mol. The number of piperazine rings is 1. The number of carbonyl (C=O) groups is 1. The average Bonchev–Trinajstić information content (AvgIpc) is 3.35. The Balaban J connectivity index is 1.23. The first-order valence-electron chi connectivity index (χ1n) is 13.8. The summed E-state index contributed by atoms with van der Waals surface area (Å²) in [5, 5.41) is 2.04. The fourth-order valence-electron chi connectivity index (χ4n) is 5.33. The van der Waals surface area contributed by atoms with Gasteiger partial charge in [0.25, 0.3) is 5.91 Å². The Bertz CT molecular complexity index is 1730. The molecule has 0 spiro atoms. The normalized spacial score (nSPS) is 14.0. The van der Waals surface area contributed by atoms with Crippen molar-refractivity contribution in [1.82, 2.24) is 19.2 Å². The van der Waals surface area contributed by atoms with E-state index in [-0.39, 0.29) is 12.5 Å². The minimum Gasteiger partial charge on any atom is -0.484 e. The summed E-state index contributed by atoms with van der Waals surface area (Å²) in [6.45, 7) is 5.51. The summed E-state index contributed by atoms with van der Waals surface area (Å²) in [6.07, 6.45) is 2.15. The fraction of sp³-hybridized carbons (Fsp3) is 0.212. The van der Waals surface area contributed by atoms with Gasteiger partial charge in [0.2, 0.25) is 0 Å². The summed E-state index contributed by atoms with van der Waals surface area (Å²) in [6, 6.07) is 25.0. The van der Waals surface area contributed by atoms with Crippen LogP contribution in [-0.4, -0.2) is 57.9 Å². The minimum atomic E-state index is -0.0239. The fourth-order valence-corrected chi connectivity index (χ4v) is 5.81. The van der Waals surface area contributed by atoms with Crippen LogP contribution < -0.4 is 4.74 Å². The highest BCUT2D eigenvalue weighted by Gasteiger charge is 2.24. The molecule has 1 aliphatic rings. The van der Waals surface area contributed by atoms with Gasteiger partial charge in [-0.25, -0.2) is 4.98 Å². The van der Waals surface area contributed by atoms with E-state index in [1.807, 2.05) is 41.3 Å². The van der Waals surface area contributed by atoms with Crippen molar-refractivity contribution in [2.75, 3.05) is 32.8 Å². The number of fused-ring (bicyclic) bond motifs is 1. The highest BCUT2D eigenvalue weighted by Crippen LogP contribution is 2.31. The van der Waals surface area contributed by atoms with Crippen LogP contribution in [0.3, 0.4) is 0 Å². The molecule has 3 heterocycles.